The van der Waals surface area contributed by atoms with Gasteiger partial charge in [-0.25, -0.2) is 9.99 Å². The number of pyridine rings is 1. The normalized spacial score (nSPS) is 14.3. The van der Waals surface area contributed by atoms with Crippen LogP contribution in [0.15, 0.2) is 46.9 Å². The number of para-hydroxylation sites is 1. The number of carbonyl (C=O) groups is 2. The molecule has 0 saturated carbocycles. The van der Waals surface area contributed by atoms with Crippen LogP contribution in [0, 0.1) is 0 Å². The van der Waals surface area contributed by atoms with Gasteiger partial charge in [-0.2, -0.15) is 5.10 Å². The fraction of sp³-hybridized carbons (Fsp3) is 0.211. The van der Waals surface area contributed by atoms with Crippen LogP contribution in [0.1, 0.15) is 24.2 Å². The van der Waals surface area contributed by atoms with Crippen LogP contribution in [0.25, 0.3) is 10.9 Å². The molecular weight excluding hydrogens is 362 g/mol. The molecule has 3 heterocycles. The Hall–Kier alpha value is -3.13. The number of amides is 2. The number of nitrogens with one attached hydrogen (secondary N) is 1. The summed E-state index contributed by atoms with van der Waals surface area (Å²) in [4.78, 5) is 32.9. The van der Waals surface area contributed by atoms with Gasteiger partial charge < -0.3 is 0 Å². The fourth-order valence-electron chi connectivity index (χ4n) is 2.84. The van der Waals surface area contributed by atoms with Crippen LogP contribution >= 0.6 is 11.3 Å². The second-order valence-corrected chi connectivity index (χ2v) is 7.09. The number of hydrazone groups is 1. The molecule has 0 bridgehead atoms. The molecule has 0 fully saturated rings. The Bertz CT molecular complexity index is 1060. The minimum atomic E-state index is -0.320. The summed E-state index contributed by atoms with van der Waals surface area (Å²) in [5.41, 5.74) is 3.06. The number of benzene rings is 1. The van der Waals surface area contributed by atoms with Gasteiger partial charge in [0.2, 0.25) is 5.91 Å². The summed E-state index contributed by atoms with van der Waals surface area (Å²) in [6.45, 7) is 0. The maximum Gasteiger partial charge on any atom is 0.273 e. The van der Waals surface area contributed by atoms with Crippen molar-refractivity contribution in [3.63, 3.8) is 0 Å². The van der Waals surface area contributed by atoms with Crippen molar-refractivity contribution in [3.8, 4) is 0 Å². The summed E-state index contributed by atoms with van der Waals surface area (Å²) in [5.74, 6) is -0.412. The van der Waals surface area contributed by atoms with Crippen molar-refractivity contribution in [1.29, 1.82) is 0 Å². The number of thiazole rings is 1. The summed E-state index contributed by atoms with van der Waals surface area (Å²) in [5, 5.41) is 11.5. The zero-order chi connectivity index (χ0) is 18.8. The van der Waals surface area contributed by atoms with Crippen molar-refractivity contribution in [3.05, 3.63) is 53.2 Å². The Labute approximate surface area is 159 Å². The van der Waals surface area contributed by atoms with Gasteiger partial charge in [0.1, 0.15) is 5.71 Å². The fourth-order valence-corrected chi connectivity index (χ4v) is 3.55. The van der Waals surface area contributed by atoms with Gasteiger partial charge in [0.15, 0.2) is 5.13 Å². The Morgan fingerprint density at radius 3 is 2.85 bits per heavy atom. The van der Waals surface area contributed by atoms with Gasteiger partial charge in [-0.3, -0.25) is 19.9 Å². The van der Waals surface area contributed by atoms with Crippen molar-refractivity contribution < 1.29 is 9.59 Å². The Kier molecular flexibility index (Phi) is 4.64. The van der Waals surface area contributed by atoms with E-state index in [0.29, 0.717) is 30.1 Å². The van der Waals surface area contributed by atoms with Crippen molar-refractivity contribution in [2.75, 3.05) is 12.4 Å². The minimum absolute atomic E-state index is 0.0917. The van der Waals surface area contributed by atoms with E-state index in [4.69, 9.17) is 0 Å². The molecule has 0 atom stereocenters. The molecule has 3 aromatic rings. The second kappa shape index (κ2) is 7.24. The van der Waals surface area contributed by atoms with Gasteiger partial charge in [-0.1, -0.05) is 24.3 Å². The minimum Gasteiger partial charge on any atom is -0.297 e. The molecule has 4 rings (SSSR count). The Morgan fingerprint density at radius 1 is 1.15 bits per heavy atom. The van der Waals surface area contributed by atoms with Crippen molar-refractivity contribution in [2.45, 2.75) is 19.3 Å². The van der Waals surface area contributed by atoms with Gasteiger partial charge in [0.25, 0.3) is 5.91 Å². The smallest absolute Gasteiger partial charge is 0.273 e. The first-order valence-electron chi connectivity index (χ1n) is 8.53. The highest BCUT2D eigenvalue weighted by atomic mass is 32.1. The molecule has 7 nitrogen and oxygen atoms in total. The third-order valence-corrected chi connectivity index (χ3v) is 5.07. The number of carbonyl (C=O) groups excluding carboxylic acids is 2. The molecule has 0 radical (unpaired) electrons. The van der Waals surface area contributed by atoms with Crippen molar-refractivity contribution in [2.24, 2.45) is 5.10 Å². The van der Waals surface area contributed by atoms with Gasteiger partial charge in [-0.15, -0.1) is 11.3 Å². The largest absolute Gasteiger partial charge is 0.297 e. The molecule has 1 N–H and O–H groups in total. The zero-order valence-corrected chi connectivity index (χ0v) is 15.5. The van der Waals surface area contributed by atoms with Crippen LogP contribution in [0.3, 0.4) is 0 Å². The van der Waals surface area contributed by atoms with Crippen molar-refractivity contribution in [1.82, 2.24) is 15.0 Å². The Balaban J connectivity index is 1.44. The maximum atomic E-state index is 12.3. The highest BCUT2D eigenvalue weighted by Gasteiger charge is 2.22. The van der Waals surface area contributed by atoms with Gasteiger partial charge in [0, 0.05) is 42.8 Å². The average Bonchev–Trinajstić information content (AvgIpc) is 3.10. The van der Waals surface area contributed by atoms with Crippen LogP contribution in [0.4, 0.5) is 5.13 Å². The van der Waals surface area contributed by atoms with E-state index in [-0.39, 0.29) is 11.8 Å². The van der Waals surface area contributed by atoms with E-state index in [1.54, 1.807) is 7.05 Å². The molecule has 1 aliphatic rings. The first kappa shape index (κ1) is 17.3. The molecule has 2 aromatic heterocycles. The van der Waals surface area contributed by atoms with Crippen molar-refractivity contribution >= 4 is 44.9 Å². The number of nitrogens with zero attached hydrogens (tertiary/aromatic N) is 4. The topological polar surface area (TPSA) is 87.6 Å². The number of rotatable bonds is 4. The van der Waals surface area contributed by atoms with Crippen LogP contribution in [0.2, 0.25) is 0 Å². The second-order valence-electron chi connectivity index (χ2n) is 6.23. The van der Waals surface area contributed by atoms with Crippen LogP contribution < -0.4 is 5.32 Å². The zero-order valence-electron chi connectivity index (χ0n) is 14.7. The van der Waals surface area contributed by atoms with Gasteiger partial charge >= 0.3 is 0 Å². The van der Waals surface area contributed by atoms with E-state index in [1.807, 2.05) is 41.8 Å². The summed E-state index contributed by atoms with van der Waals surface area (Å²) < 4.78 is 0. The first-order valence-corrected chi connectivity index (χ1v) is 9.41. The quantitative estimate of drug-likeness (QED) is 0.755. The maximum absolute atomic E-state index is 12.3. The number of hydrogen-bond donors (Lipinski definition) is 1. The molecule has 8 heteroatoms. The molecule has 0 spiro atoms. The molecule has 0 saturated heterocycles. The van der Waals surface area contributed by atoms with E-state index < -0.39 is 0 Å². The van der Waals surface area contributed by atoms with E-state index in [1.165, 1.54) is 16.3 Å². The molecule has 1 aliphatic heterocycles. The molecular formula is C19H17N5O2S. The number of aromatic nitrogens is 2. The highest BCUT2D eigenvalue weighted by molar-refractivity contribution is 7.14. The molecule has 0 aliphatic carbocycles. The summed E-state index contributed by atoms with van der Waals surface area (Å²) in [6.07, 6.45) is 1.23. The van der Waals surface area contributed by atoms with E-state index >= 15 is 0 Å². The number of fused-ring (bicyclic) bond motifs is 1. The summed E-state index contributed by atoms with van der Waals surface area (Å²) in [6, 6.07) is 12.0. The molecule has 27 heavy (non-hydrogen) atoms. The number of anilines is 1. The molecule has 136 valence electrons. The molecule has 2 amide bonds. The SMILES string of the molecule is CN1N=C(C(=O)Nc2nc(Cc3ccc4ccccc4n3)cs2)CCC1=O. The van der Waals surface area contributed by atoms with Gasteiger partial charge in [0.05, 0.1) is 11.2 Å². The lowest BCUT2D eigenvalue weighted by molar-refractivity contribution is -0.130. The summed E-state index contributed by atoms with van der Waals surface area (Å²) >= 11 is 1.36. The molecule has 0 unspecified atom stereocenters. The predicted octanol–water partition coefficient (Wildman–Crippen LogP) is 2.83. The van der Waals surface area contributed by atoms with E-state index in [2.05, 4.69) is 20.4 Å². The van der Waals surface area contributed by atoms with Crippen LogP contribution in [-0.2, 0) is 16.0 Å². The average molecular weight is 379 g/mol. The first-order chi connectivity index (χ1) is 13.1. The standard InChI is InChI=1S/C19H17N5O2S/c1-24-17(25)9-8-16(23-24)18(26)22-19-21-14(11-27-19)10-13-7-6-12-4-2-3-5-15(12)20-13/h2-7,11H,8-10H2,1H3,(H,21,22,26). The number of hydrogen-bond acceptors (Lipinski definition) is 6. The Morgan fingerprint density at radius 2 is 2.00 bits per heavy atom. The van der Waals surface area contributed by atoms with Crippen LogP contribution in [0.5, 0.6) is 0 Å². The molecule has 1 aromatic carbocycles. The third kappa shape index (κ3) is 3.85. The lowest BCUT2D eigenvalue weighted by atomic mass is 10.1. The predicted molar refractivity (Wildman–Crippen MR) is 105 cm³/mol. The van der Waals surface area contributed by atoms with E-state index in [9.17, 15) is 9.59 Å². The highest BCUT2D eigenvalue weighted by Crippen LogP contribution is 2.20. The van der Waals surface area contributed by atoms with E-state index in [0.717, 1.165) is 22.3 Å². The monoisotopic (exact) mass is 379 g/mol. The van der Waals surface area contributed by atoms with Gasteiger partial charge in [-0.05, 0) is 12.1 Å². The lowest BCUT2D eigenvalue weighted by Gasteiger charge is -2.18. The lowest BCUT2D eigenvalue weighted by Crippen LogP contribution is -2.34. The van der Waals surface area contributed by atoms with Crippen LogP contribution in [-0.4, -0.2) is 39.6 Å². The summed E-state index contributed by atoms with van der Waals surface area (Å²) in [7, 11) is 1.55. The third-order valence-electron chi connectivity index (χ3n) is 4.26.